The molecule has 0 radical (unpaired) electrons. The van der Waals surface area contributed by atoms with E-state index in [1.54, 1.807) is 4.90 Å². The van der Waals surface area contributed by atoms with Gasteiger partial charge in [-0.1, -0.05) is 12.1 Å². The monoisotopic (exact) mass is 382 g/mol. The van der Waals surface area contributed by atoms with Crippen LogP contribution in [0.5, 0.6) is 5.75 Å². The van der Waals surface area contributed by atoms with Crippen molar-refractivity contribution in [1.82, 2.24) is 5.32 Å². The molecule has 1 heterocycles. The van der Waals surface area contributed by atoms with Gasteiger partial charge >= 0.3 is 0 Å². The van der Waals surface area contributed by atoms with Gasteiger partial charge in [0.15, 0.2) is 0 Å². The number of nitrogens with zero attached hydrogens (tertiary/aromatic N) is 1. The van der Waals surface area contributed by atoms with Crippen LogP contribution in [-0.2, 0) is 0 Å². The van der Waals surface area contributed by atoms with Crippen LogP contribution in [0.3, 0.4) is 0 Å². The van der Waals surface area contributed by atoms with Crippen molar-refractivity contribution < 1.29 is 14.4 Å². The van der Waals surface area contributed by atoms with E-state index in [1.165, 1.54) is 37.2 Å². The predicted octanol–water partition coefficient (Wildman–Crippen LogP) is 2.30. The molecule has 28 heavy (non-hydrogen) atoms. The second kappa shape index (κ2) is 9.60. The van der Waals surface area contributed by atoms with Crippen LogP contribution < -0.4 is 19.9 Å². The maximum Gasteiger partial charge on any atom is 0.251 e. The average molecular weight is 383 g/mol. The van der Waals surface area contributed by atoms with Gasteiger partial charge in [-0.2, -0.15) is 0 Å². The van der Waals surface area contributed by atoms with E-state index in [2.05, 4.69) is 48.6 Å². The lowest BCUT2D eigenvalue weighted by Crippen LogP contribution is -3.11. The Morgan fingerprint density at radius 1 is 1.07 bits per heavy atom. The van der Waals surface area contributed by atoms with E-state index in [4.69, 9.17) is 4.74 Å². The summed E-state index contributed by atoms with van der Waals surface area (Å²) < 4.78 is 5.45. The first-order valence-corrected chi connectivity index (χ1v) is 10.2. The van der Waals surface area contributed by atoms with Crippen LogP contribution in [0.4, 0.5) is 5.69 Å². The minimum Gasteiger partial charge on any atom is -0.494 e. The number of hydrogen-bond acceptors (Lipinski definition) is 3. The molecule has 1 aliphatic rings. The zero-order valence-electron chi connectivity index (χ0n) is 17.2. The number of carbonyl (C=O) groups excluding carboxylic acids is 1. The Kier molecular flexibility index (Phi) is 6.93. The third-order valence-electron chi connectivity index (χ3n) is 5.44. The van der Waals surface area contributed by atoms with Crippen molar-refractivity contribution in [2.24, 2.45) is 0 Å². The van der Waals surface area contributed by atoms with Gasteiger partial charge in [-0.3, -0.25) is 4.79 Å². The predicted molar refractivity (Wildman–Crippen MR) is 113 cm³/mol. The first-order chi connectivity index (χ1) is 13.6. The van der Waals surface area contributed by atoms with Crippen molar-refractivity contribution >= 4 is 11.6 Å². The maximum absolute atomic E-state index is 12.6. The van der Waals surface area contributed by atoms with Crippen LogP contribution in [0.25, 0.3) is 0 Å². The summed E-state index contributed by atoms with van der Waals surface area (Å²) in [6, 6.07) is 16.4. The fraction of sp³-hybridized carbons (Fsp3) is 0.435. The van der Waals surface area contributed by atoms with E-state index in [-0.39, 0.29) is 11.9 Å². The molecule has 1 aliphatic heterocycles. The number of anilines is 1. The Morgan fingerprint density at radius 3 is 2.29 bits per heavy atom. The van der Waals surface area contributed by atoms with E-state index in [0.717, 1.165) is 5.75 Å². The Labute approximate surface area is 168 Å². The number of ether oxygens (including phenoxy) is 1. The minimum atomic E-state index is -0.0310. The molecule has 0 aliphatic carbocycles. The number of rotatable bonds is 8. The van der Waals surface area contributed by atoms with Crippen LogP contribution in [0.15, 0.2) is 48.5 Å². The molecule has 1 amide bonds. The number of nitrogens with one attached hydrogen (secondary N) is 2. The Morgan fingerprint density at radius 2 is 1.71 bits per heavy atom. The molecule has 0 spiro atoms. The third-order valence-corrected chi connectivity index (χ3v) is 5.44. The summed E-state index contributed by atoms with van der Waals surface area (Å²) in [7, 11) is 4.10. The normalized spacial score (nSPS) is 15.2. The number of amides is 1. The first kappa shape index (κ1) is 20.2. The molecule has 2 aromatic carbocycles. The highest BCUT2D eigenvalue weighted by Crippen LogP contribution is 2.17. The fourth-order valence-electron chi connectivity index (χ4n) is 3.85. The average Bonchev–Trinajstić information content (AvgIpc) is 3.24. The molecule has 0 unspecified atom stereocenters. The van der Waals surface area contributed by atoms with E-state index >= 15 is 0 Å². The summed E-state index contributed by atoms with van der Waals surface area (Å²) in [6.07, 6.45) is 2.52. The molecular formula is C23H32N3O2+. The lowest BCUT2D eigenvalue weighted by Gasteiger charge is -2.26. The van der Waals surface area contributed by atoms with E-state index in [9.17, 15) is 4.79 Å². The van der Waals surface area contributed by atoms with Crippen molar-refractivity contribution in [1.29, 1.82) is 0 Å². The molecular weight excluding hydrogens is 350 g/mol. The highest BCUT2D eigenvalue weighted by Gasteiger charge is 2.28. The molecule has 0 aromatic heterocycles. The van der Waals surface area contributed by atoms with Gasteiger partial charge in [0.05, 0.1) is 26.2 Å². The largest absolute Gasteiger partial charge is 0.494 e. The second-order valence-corrected chi connectivity index (χ2v) is 7.57. The van der Waals surface area contributed by atoms with Gasteiger partial charge in [0.25, 0.3) is 5.91 Å². The fourth-order valence-corrected chi connectivity index (χ4v) is 3.85. The summed E-state index contributed by atoms with van der Waals surface area (Å²) in [5, 5.41) is 3.15. The first-order valence-electron chi connectivity index (χ1n) is 10.2. The zero-order valence-corrected chi connectivity index (χ0v) is 17.2. The molecule has 1 saturated heterocycles. The molecule has 150 valence electrons. The van der Waals surface area contributed by atoms with Gasteiger partial charge in [-0.25, -0.2) is 0 Å². The van der Waals surface area contributed by atoms with Crippen molar-refractivity contribution in [3.05, 3.63) is 59.7 Å². The minimum absolute atomic E-state index is 0.0310. The Bertz CT molecular complexity index is 750. The number of hydrogen-bond donors (Lipinski definition) is 2. The standard InChI is InChI=1S/C23H31N3O2/c1-4-28-21-13-9-19(10-14-21)23(27)24-17-22(26-15-5-6-16-26)18-7-11-20(12-8-18)25(2)3/h7-14,22H,4-6,15-17H2,1-3H3,(H,24,27)/p+1/t22-/m0/s1. The van der Waals surface area contributed by atoms with Crippen molar-refractivity contribution in [3.8, 4) is 5.75 Å². The van der Waals surface area contributed by atoms with Gasteiger partial charge in [-0.15, -0.1) is 0 Å². The third kappa shape index (κ3) is 5.04. The van der Waals surface area contributed by atoms with E-state index < -0.39 is 0 Å². The summed E-state index contributed by atoms with van der Waals surface area (Å²) in [4.78, 5) is 16.3. The van der Waals surface area contributed by atoms with Crippen molar-refractivity contribution in [2.45, 2.75) is 25.8 Å². The second-order valence-electron chi connectivity index (χ2n) is 7.57. The number of benzene rings is 2. The SMILES string of the molecule is CCOc1ccc(C(=O)NC[C@@H](c2ccc(N(C)C)cc2)[NH+]2CCCC2)cc1. The van der Waals surface area contributed by atoms with Crippen LogP contribution in [0.2, 0.25) is 0 Å². The molecule has 1 fully saturated rings. The highest BCUT2D eigenvalue weighted by atomic mass is 16.5. The molecule has 3 rings (SSSR count). The van der Waals surface area contributed by atoms with Gasteiger partial charge in [0, 0.05) is 43.8 Å². The highest BCUT2D eigenvalue weighted by molar-refractivity contribution is 5.94. The Hall–Kier alpha value is -2.53. The molecule has 2 N–H and O–H groups in total. The van der Waals surface area contributed by atoms with Crippen molar-refractivity contribution in [2.75, 3.05) is 45.2 Å². The molecule has 0 saturated carbocycles. The summed E-state index contributed by atoms with van der Waals surface area (Å²) in [5.41, 5.74) is 3.15. The van der Waals surface area contributed by atoms with Crippen LogP contribution in [0, 0.1) is 0 Å². The molecule has 2 aromatic rings. The number of carbonyl (C=O) groups is 1. The van der Waals surface area contributed by atoms with E-state index in [0.29, 0.717) is 18.7 Å². The molecule has 0 bridgehead atoms. The lowest BCUT2D eigenvalue weighted by molar-refractivity contribution is -0.918. The number of quaternary nitrogens is 1. The Balaban J connectivity index is 1.68. The zero-order chi connectivity index (χ0) is 19.9. The smallest absolute Gasteiger partial charge is 0.251 e. The van der Waals surface area contributed by atoms with E-state index in [1.807, 2.05) is 31.2 Å². The van der Waals surface area contributed by atoms with Crippen LogP contribution in [0.1, 0.15) is 41.7 Å². The maximum atomic E-state index is 12.6. The summed E-state index contributed by atoms with van der Waals surface area (Å²) >= 11 is 0. The molecule has 5 heteroatoms. The molecule has 1 atom stereocenters. The molecule has 5 nitrogen and oxygen atoms in total. The lowest BCUT2D eigenvalue weighted by atomic mass is 10.0. The number of likely N-dealkylation sites (tertiary alicyclic amines) is 1. The summed E-state index contributed by atoms with van der Waals surface area (Å²) in [5.74, 6) is 0.760. The van der Waals surface area contributed by atoms with Gasteiger partial charge < -0.3 is 19.9 Å². The van der Waals surface area contributed by atoms with Gasteiger partial charge in [-0.05, 0) is 43.3 Å². The van der Waals surface area contributed by atoms with Gasteiger partial charge in [0.2, 0.25) is 0 Å². The van der Waals surface area contributed by atoms with Crippen LogP contribution in [-0.4, -0.2) is 46.2 Å². The topological polar surface area (TPSA) is 46.0 Å². The van der Waals surface area contributed by atoms with Crippen molar-refractivity contribution in [3.63, 3.8) is 0 Å². The summed E-state index contributed by atoms with van der Waals surface area (Å²) in [6.45, 7) is 5.55. The van der Waals surface area contributed by atoms with Crippen LogP contribution >= 0.6 is 0 Å². The quantitative estimate of drug-likeness (QED) is 0.736. The van der Waals surface area contributed by atoms with Gasteiger partial charge in [0.1, 0.15) is 11.8 Å².